The fourth-order valence-corrected chi connectivity index (χ4v) is 2.98. The number of amides is 1. The second-order valence-corrected chi connectivity index (χ2v) is 5.86. The first kappa shape index (κ1) is 15.8. The molecule has 112 valence electrons. The van der Waals surface area contributed by atoms with Crippen molar-refractivity contribution in [3.63, 3.8) is 0 Å². The molecule has 1 aromatic heterocycles. The molecule has 21 heavy (non-hydrogen) atoms. The summed E-state index contributed by atoms with van der Waals surface area (Å²) in [4.78, 5) is 18.5. The SMILES string of the molecule is CCN(CCNC(=O)c1scnc1Cl)c1cccc(C)c1. The van der Waals surface area contributed by atoms with E-state index in [9.17, 15) is 4.79 Å². The monoisotopic (exact) mass is 323 g/mol. The molecule has 0 spiro atoms. The van der Waals surface area contributed by atoms with E-state index in [0.717, 1.165) is 13.1 Å². The number of carbonyl (C=O) groups is 1. The van der Waals surface area contributed by atoms with Crippen LogP contribution in [-0.4, -0.2) is 30.5 Å². The van der Waals surface area contributed by atoms with Gasteiger partial charge in [-0.1, -0.05) is 23.7 Å². The lowest BCUT2D eigenvalue weighted by molar-refractivity contribution is 0.0958. The van der Waals surface area contributed by atoms with Gasteiger partial charge in [-0.3, -0.25) is 4.79 Å². The van der Waals surface area contributed by atoms with Gasteiger partial charge < -0.3 is 10.2 Å². The molecule has 0 saturated carbocycles. The number of hydrogen-bond donors (Lipinski definition) is 1. The molecule has 1 amide bonds. The summed E-state index contributed by atoms with van der Waals surface area (Å²) < 4.78 is 0. The van der Waals surface area contributed by atoms with Crippen molar-refractivity contribution < 1.29 is 4.79 Å². The first-order valence-electron chi connectivity index (χ1n) is 6.80. The summed E-state index contributed by atoms with van der Waals surface area (Å²) in [5.41, 5.74) is 3.97. The van der Waals surface area contributed by atoms with E-state index in [2.05, 4.69) is 47.2 Å². The van der Waals surface area contributed by atoms with Crippen molar-refractivity contribution in [2.45, 2.75) is 13.8 Å². The minimum atomic E-state index is -0.164. The molecule has 0 radical (unpaired) electrons. The Kier molecular flexibility index (Phi) is 5.59. The van der Waals surface area contributed by atoms with Crippen molar-refractivity contribution in [3.05, 3.63) is 45.4 Å². The molecule has 0 aliphatic carbocycles. The van der Waals surface area contributed by atoms with Crippen LogP contribution in [0.15, 0.2) is 29.8 Å². The van der Waals surface area contributed by atoms with Gasteiger partial charge in [-0.2, -0.15) is 0 Å². The van der Waals surface area contributed by atoms with Crippen LogP contribution in [0.3, 0.4) is 0 Å². The van der Waals surface area contributed by atoms with Crippen LogP contribution < -0.4 is 10.2 Å². The summed E-state index contributed by atoms with van der Waals surface area (Å²) in [6.45, 7) is 6.38. The lowest BCUT2D eigenvalue weighted by Gasteiger charge is -2.23. The third kappa shape index (κ3) is 4.19. The van der Waals surface area contributed by atoms with E-state index in [1.807, 2.05) is 6.07 Å². The number of likely N-dealkylation sites (N-methyl/N-ethyl adjacent to an activating group) is 1. The maximum Gasteiger partial charge on any atom is 0.264 e. The zero-order chi connectivity index (χ0) is 15.2. The minimum Gasteiger partial charge on any atom is -0.370 e. The van der Waals surface area contributed by atoms with Crippen molar-refractivity contribution in [2.75, 3.05) is 24.5 Å². The summed E-state index contributed by atoms with van der Waals surface area (Å²) >= 11 is 7.10. The van der Waals surface area contributed by atoms with Gasteiger partial charge in [0, 0.05) is 25.3 Å². The molecule has 1 N–H and O–H groups in total. The predicted octanol–water partition coefficient (Wildman–Crippen LogP) is 3.36. The standard InChI is InChI=1S/C15H18ClN3OS/c1-3-19(12-6-4-5-11(2)9-12)8-7-17-15(20)13-14(16)18-10-21-13/h4-6,9-10H,3,7-8H2,1-2H3,(H,17,20). The highest BCUT2D eigenvalue weighted by molar-refractivity contribution is 7.12. The molecule has 0 bridgehead atoms. The Morgan fingerprint density at radius 3 is 2.90 bits per heavy atom. The van der Waals surface area contributed by atoms with Crippen molar-refractivity contribution in [3.8, 4) is 0 Å². The summed E-state index contributed by atoms with van der Waals surface area (Å²) in [5, 5.41) is 3.15. The molecule has 1 aromatic carbocycles. The Morgan fingerprint density at radius 2 is 2.29 bits per heavy atom. The zero-order valence-electron chi connectivity index (χ0n) is 12.1. The smallest absolute Gasteiger partial charge is 0.264 e. The minimum absolute atomic E-state index is 0.164. The van der Waals surface area contributed by atoms with E-state index in [-0.39, 0.29) is 11.1 Å². The summed E-state index contributed by atoms with van der Waals surface area (Å²) in [6.07, 6.45) is 0. The van der Waals surface area contributed by atoms with Gasteiger partial charge in [-0.25, -0.2) is 4.98 Å². The summed E-state index contributed by atoms with van der Waals surface area (Å²) in [7, 11) is 0. The fourth-order valence-electron chi connectivity index (χ4n) is 2.06. The molecule has 0 saturated heterocycles. The first-order valence-corrected chi connectivity index (χ1v) is 8.06. The van der Waals surface area contributed by atoms with E-state index in [0.29, 0.717) is 11.4 Å². The number of anilines is 1. The van der Waals surface area contributed by atoms with Gasteiger partial charge in [0.05, 0.1) is 5.51 Å². The molecular formula is C15H18ClN3OS. The van der Waals surface area contributed by atoms with Crippen LogP contribution in [0.1, 0.15) is 22.2 Å². The van der Waals surface area contributed by atoms with E-state index >= 15 is 0 Å². The second kappa shape index (κ2) is 7.43. The molecule has 6 heteroatoms. The largest absolute Gasteiger partial charge is 0.370 e. The molecule has 4 nitrogen and oxygen atoms in total. The third-order valence-corrected chi connectivity index (χ3v) is 4.37. The number of nitrogens with zero attached hydrogens (tertiary/aromatic N) is 2. The van der Waals surface area contributed by atoms with Gasteiger partial charge in [0.15, 0.2) is 5.15 Å². The van der Waals surface area contributed by atoms with Crippen LogP contribution in [0, 0.1) is 6.92 Å². The van der Waals surface area contributed by atoms with Gasteiger partial charge >= 0.3 is 0 Å². The quantitative estimate of drug-likeness (QED) is 0.886. The number of nitrogens with one attached hydrogen (secondary N) is 1. The van der Waals surface area contributed by atoms with E-state index in [1.54, 1.807) is 5.51 Å². The summed E-state index contributed by atoms with van der Waals surface area (Å²) in [6, 6.07) is 8.34. The number of aromatic nitrogens is 1. The number of carbonyl (C=O) groups excluding carboxylic acids is 1. The molecular weight excluding hydrogens is 306 g/mol. The highest BCUT2D eigenvalue weighted by atomic mass is 35.5. The Morgan fingerprint density at radius 1 is 1.48 bits per heavy atom. The van der Waals surface area contributed by atoms with Crippen LogP contribution in [0.4, 0.5) is 5.69 Å². The highest BCUT2D eigenvalue weighted by Crippen LogP contribution is 2.18. The number of benzene rings is 1. The predicted molar refractivity (Wildman–Crippen MR) is 88.5 cm³/mol. The molecule has 0 aliphatic heterocycles. The van der Waals surface area contributed by atoms with Crippen LogP contribution in [0.2, 0.25) is 5.15 Å². The molecule has 1 heterocycles. The van der Waals surface area contributed by atoms with Crippen molar-refractivity contribution in [1.82, 2.24) is 10.3 Å². The molecule has 0 atom stereocenters. The van der Waals surface area contributed by atoms with Crippen molar-refractivity contribution >= 4 is 34.5 Å². The van der Waals surface area contributed by atoms with Gasteiger partial charge in [0.1, 0.15) is 4.88 Å². The number of aryl methyl sites for hydroxylation is 1. The molecule has 0 fully saturated rings. The normalized spacial score (nSPS) is 10.4. The fraction of sp³-hybridized carbons (Fsp3) is 0.333. The average molecular weight is 324 g/mol. The van der Waals surface area contributed by atoms with Gasteiger partial charge in [-0.15, -0.1) is 11.3 Å². The van der Waals surface area contributed by atoms with Gasteiger partial charge in [0.2, 0.25) is 0 Å². The van der Waals surface area contributed by atoms with Crippen LogP contribution in [-0.2, 0) is 0 Å². The van der Waals surface area contributed by atoms with E-state index < -0.39 is 0 Å². The molecule has 0 aliphatic rings. The number of hydrogen-bond acceptors (Lipinski definition) is 4. The lowest BCUT2D eigenvalue weighted by Crippen LogP contribution is -2.34. The highest BCUT2D eigenvalue weighted by Gasteiger charge is 2.13. The zero-order valence-corrected chi connectivity index (χ0v) is 13.7. The number of rotatable bonds is 6. The van der Waals surface area contributed by atoms with Gasteiger partial charge in [0.25, 0.3) is 5.91 Å². The van der Waals surface area contributed by atoms with Crippen LogP contribution in [0.5, 0.6) is 0 Å². The van der Waals surface area contributed by atoms with Crippen molar-refractivity contribution in [1.29, 1.82) is 0 Å². The molecule has 2 rings (SSSR count). The van der Waals surface area contributed by atoms with Crippen LogP contribution in [0.25, 0.3) is 0 Å². The number of halogens is 1. The van der Waals surface area contributed by atoms with E-state index in [1.165, 1.54) is 22.6 Å². The van der Waals surface area contributed by atoms with E-state index in [4.69, 9.17) is 11.6 Å². The molecule has 2 aromatic rings. The topological polar surface area (TPSA) is 45.2 Å². The average Bonchev–Trinajstić information content (AvgIpc) is 2.89. The molecule has 0 unspecified atom stereocenters. The lowest BCUT2D eigenvalue weighted by atomic mass is 10.2. The van der Waals surface area contributed by atoms with Crippen molar-refractivity contribution in [2.24, 2.45) is 0 Å². The first-order chi connectivity index (χ1) is 10.1. The second-order valence-electron chi connectivity index (χ2n) is 4.65. The Hall–Kier alpha value is -1.59. The Labute approximate surface area is 133 Å². The third-order valence-electron chi connectivity index (χ3n) is 3.15. The summed E-state index contributed by atoms with van der Waals surface area (Å²) in [5.74, 6) is -0.164. The number of thiazole rings is 1. The van der Waals surface area contributed by atoms with Gasteiger partial charge in [-0.05, 0) is 31.5 Å². The Balaban J connectivity index is 1.89. The maximum atomic E-state index is 11.9. The maximum absolute atomic E-state index is 11.9. The Bertz CT molecular complexity index is 614. The van der Waals surface area contributed by atoms with Crippen LogP contribution >= 0.6 is 22.9 Å².